The monoisotopic (exact) mass is 302 g/mol. The molecule has 0 bridgehead atoms. The van der Waals surface area contributed by atoms with Crippen LogP contribution in [-0.4, -0.2) is 10.6 Å². The fourth-order valence-electron chi connectivity index (χ4n) is 2.73. The molecule has 3 nitrogen and oxygen atoms in total. The lowest BCUT2D eigenvalue weighted by Gasteiger charge is -2.19. The molecule has 0 amide bonds. The molecule has 112 valence electrons. The Balaban J connectivity index is 1.96. The fraction of sp³-hybridized carbons (Fsp3) is 0.471. The summed E-state index contributed by atoms with van der Waals surface area (Å²) in [4.78, 5) is 4.69. The number of benzene rings is 1. The SMILES string of the molecule is CC(C)c1csc(C(N)c2cccc3c2OC(C)(C)C3)n1. The van der Waals surface area contributed by atoms with Gasteiger partial charge in [0.15, 0.2) is 0 Å². The molecule has 0 fully saturated rings. The van der Waals surface area contributed by atoms with Gasteiger partial charge in [-0.05, 0) is 25.3 Å². The summed E-state index contributed by atoms with van der Waals surface area (Å²) in [5.74, 6) is 1.38. The predicted molar refractivity (Wildman–Crippen MR) is 87.1 cm³/mol. The molecule has 0 spiro atoms. The number of nitrogens with two attached hydrogens (primary N) is 1. The largest absolute Gasteiger partial charge is 0.487 e. The highest BCUT2D eigenvalue weighted by molar-refractivity contribution is 7.09. The molecular weight excluding hydrogens is 280 g/mol. The quantitative estimate of drug-likeness (QED) is 0.931. The Kier molecular flexibility index (Phi) is 3.54. The maximum atomic E-state index is 6.46. The summed E-state index contributed by atoms with van der Waals surface area (Å²) < 4.78 is 6.12. The topological polar surface area (TPSA) is 48.1 Å². The van der Waals surface area contributed by atoms with Crippen LogP contribution in [0.15, 0.2) is 23.6 Å². The number of hydrogen-bond acceptors (Lipinski definition) is 4. The Bertz CT molecular complexity index is 661. The average molecular weight is 302 g/mol. The van der Waals surface area contributed by atoms with Gasteiger partial charge in [-0.3, -0.25) is 0 Å². The Hall–Kier alpha value is -1.39. The molecule has 1 unspecified atom stereocenters. The molecule has 1 aromatic heterocycles. The van der Waals surface area contributed by atoms with E-state index in [4.69, 9.17) is 10.5 Å². The van der Waals surface area contributed by atoms with E-state index >= 15 is 0 Å². The van der Waals surface area contributed by atoms with Gasteiger partial charge < -0.3 is 10.5 Å². The van der Waals surface area contributed by atoms with Crippen molar-refractivity contribution in [2.45, 2.75) is 51.7 Å². The van der Waals surface area contributed by atoms with Gasteiger partial charge in [0.2, 0.25) is 0 Å². The van der Waals surface area contributed by atoms with E-state index in [0.29, 0.717) is 5.92 Å². The highest BCUT2D eigenvalue weighted by Gasteiger charge is 2.33. The Morgan fingerprint density at radius 3 is 2.76 bits per heavy atom. The summed E-state index contributed by atoms with van der Waals surface area (Å²) in [6.45, 7) is 8.53. The van der Waals surface area contributed by atoms with Gasteiger partial charge in [0, 0.05) is 17.4 Å². The van der Waals surface area contributed by atoms with Gasteiger partial charge in [-0.15, -0.1) is 11.3 Å². The van der Waals surface area contributed by atoms with Crippen LogP contribution >= 0.6 is 11.3 Å². The van der Waals surface area contributed by atoms with Crippen LogP contribution < -0.4 is 10.5 Å². The Morgan fingerprint density at radius 1 is 1.33 bits per heavy atom. The maximum Gasteiger partial charge on any atom is 0.128 e. The smallest absolute Gasteiger partial charge is 0.128 e. The van der Waals surface area contributed by atoms with Crippen LogP contribution in [0.5, 0.6) is 5.75 Å². The molecule has 0 aliphatic carbocycles. The van der Waals surface area contributed by atoms with Gasteiger partial charge in [-0.25, -0.2) is 4.98 Å². The van der Waals surface area contributed by atoms with Crippen LogP contribution in [0.2, 0.25) is 0 Å². The molecule has 1 aromatic carbocycles. The third-order valence-corrected chi connectivity index (χ3v) is 4.80. The van der Waals surface area contributed by atoms with E-state index in [1.807, 2.05) is 0 Å². The lowest BCUT2D eigenvalue weighted by atomic mass is 9.98. The van der Waals surface area contributed by atoms with Crippen molar-refractivity contribution >= 4 is 11.3 Å². The molecule has 21 heavy (non-hydrogen) atoms. The van der Waals surface area contributed by atoms with Crippen molar-refractivity contribution in [1.82, 2.24) is 4.98 Å². The second kappa shape index (κ2) is 5.11. The first kappa shape index (κ1) is 14.5. The van der Waals surface area contributed by atoms with E-state index in [-0.39, 0.29) is 11.6 Å². The predicted octanol–water partition coefficient (Wildman–Crippen LogP) is 4.03. The van der Waals surface area contributed by atoms with Gasteiger partial charge in [-0.2, -0.15) is 0 Å². The van der Waals surface area contributed by atoms with Crippen molar-refractivity contribution < 1.29 is 4.74 Å². The molecular formula is C17H22N2OS. The number of hydrogen-bond donors (Lipinski definition) is 1. The van der Waals surface area contributed by atoms with Crippen molar-refractivity contribution in [3.63, 3.8) is 0 Å². The lowest BCUT2D eigenvalue weighted by molar-refractivity contribution is 0.137. The van der Waals surface area contributed by atoms with Crippen LogP contribution in [0.4, 0.5) is 0 Å². The Morgan fingerprint density at radius 2 is 2.10 bits per heavy atom. The van der Waals surface area contributed by atoms with E-state index in [1.165, 1.54) is 5.56 Å². The van der Waals surface area contributed by atoms with E-state index in [0.717, 1.165) is 28.4 Å². The molecule has 1 aliphatic heterocycles. The van der Waals surface area contributed by atoms with Gasteiger partial charge in [0.25, 0.3) is 0 Å². The summed E-state index contributed by atoms with van der Waals surface area (Å²) in [5.41, 5.74) is 9.71. The minimum Gasteiger partial charge on any atom is -0.487 e. The zero-order chi connectivity index (χ0) is 15.2. The molecule has 1 aliphatic rings. The van der Waals surface area contributed by atoms with E-state index in [9.17, 15) is 0 Å². The average Bonchev–Trinajstić information content (AvgIpc) is 2.99. The highest BCUT2D eigenvalue weighted by Crippen LogP contribution is 2.41. The first-order valence-electron chi connectivity index (χ1n) is 7.39. The first-order valence-corrected chi connectivity index (χ1v) is 8.27. The number of thiazole rings is 1. The van der Waals surface area contributed by atoms with Crippen LogP contribution in [0.25, 0.3) is 0 Å². The normalized spacial score (nSPS) is 17.6. The van der Waals surface area contributed by atoms with E-state index in [2.05, 4.69) is 56.3 Å². The molecule has 3 rings (SSSR count). The number of para-hydroxylation sites is 1. The first-order chi connectivity index (χ1) is 9.87. The van der Waals surface area contributed by atoms with Gasteiger partial charge in [0.1, 0.15) is 16.4 Å². The molecule has 0 saturated heterocycles. The van der Waals surface area contributed by atoms with Gasteiger partial charge >= 0.3 is 0 Å². The number of fused-ring (bicyclic) bond motifs is 1. The van der Waals surface area contributed by atoms with Crippen molar-refractivity contribution in [1.29, 1.82) is 0 Å². The van der Waals surface area contributed by atoms with Crippen LogP contribution in [0.1, 0.15) is 61.5 Å². The lowest BCUT2D eigenvalue weighted by Crippen LogP contribution is -2.25. The highest BCUT2D eigenvalue weighted by atomic mass is 32.1. The third kappa shape index (κ3) is 2.70. The fourth-order valence-corrected chi connectivity index (χ4v) is 3.72. The molecule has 2 N–H and O–H groups in total. The number of nitrogens with zero attached hydrogens (tertiary/aromatic N) is 1. The summed E-state index contributed by atoms with van der Waals surface area (Å²) in [5, 5.41) is 3.06. The molecule has 2 heterocycles. The maximum absolute atomic E-state index is 6.46. The number of rotatable bonds is 3. The summed E-state index contributed by atoms with van der Waals surface area (Å²) in [6.07, 6.45) is 0.929. The van der Waals surface area contributed by atoms with Crippen LogP contribution in [-0.2, 0) is 6.42 Å². The number of aromatic nitrogens is 1. The summed E-state index contributed by atoms with van der Waals surface area (Å²) in [7, 11) is 0. The summed E-state index contributed by atoms with van der Waals surface area (Å²) >= 11 is 1.63. The molecule has 4 heteroatoms. The molecule has 0 saturated carbocycles. The zero-order valence-corrected chi connectivity index (χ0v) is 13.8. The standard InChI is InChI=1S/C17H22N2OS/c1-10(2)13-9-21-16(19-13)14(18)12-7-5-6-11-8-17(3,4)20-15(11)12/h5-7,9-10,14H,8,18H2,1-4H3. The van der Waals surface area contributed by atoms with Crippen molar-refractivity contribution in [3.8, 4) is 5.75 Å². The van der Waals surface area contributed by atoms with E-state index in [1.54, 1.807) is 11.3 Å². The minimum atomic E-state index is -0.216. The molecule has 0 radical (unpaired) electrons. The van der Waals surface area contributed by atoms with Crippen molar-refractivity contribution in [3.05, 3.63) is 45.4 Å². The Labute approximate surface area is 130 Å². The van der Waals surface area contributed by atoms with Gasteiger partial charge in [0.05, 0.1) is 11.7 Å². The molecule has 2 aromatic rings. The second-order valence-corrected chi connectivity index (χ2v) is 7.51. The zero-order valence-electron chi connectivity index (χ0n) is 13.0. The second-order valence-electron chi connectivity index (χ2n) is 6.62. The summed E-state index contributed by atoms with van der Waals surface area (Å²) in [6, 6.07) is 6.03. The van der Waals surface area contributed by atoms with Crippen molar-refractivity contribution in [2.75, 3.05) is 0 Å². The minimum absolute atomic E-state index is 0.149. The third-order valence-electron chi connectivity index (χ3n) is 3.85. The van der Waals surface area contributed by atoms with Crippen LogP contribution in [0.3, 0.4) is 0 Å². The van der Waals surface area contributed by atoms with Crippen molar-refractivity contribution in [2.24, 2.45) is 5.73 Å². The van der Waals surface area contributed by atoms with Gasteiger partial charge in [-0.1, -0.05) is 32.0 Å². The number of ether oxygens (including phenoxy) is 1. The van der Waals surface area contributed by atoms with Crippen LogP contribution in [0, 0.1) is 0 Å². The van der Waals surface area contributed by atoms with E-state index < -0.39 is 0 Å². The molecule has 1 atom stereocenters.